The number of aryl methyl sites for hydroxylation is 2. The van der Waals surface area contributed by atoms with Crippen LogP contribution in [0.2, 0.25) is 0 Å². The highest BCUT2D eigenvalue weighted by Crippen LogP contribution is 2.30. The van der Waals surface area contributed by atoms with Crippen molar-refractivity contribution in [3.63, 3.8) is 0 Å². The van der Waals surface area contributed by atoms with E-state index in [-0.39, 0.29) is 16.9 Å². The van der Waals surface area contributed by atoms with E-state index in [9.17, 15) is 14.0 Å². The Morgan fingerprint density at radius 3 is 2.36 bits per heavy atom. The Labute approximate surface area is 189 Å². The second-order valence-electron chi connectivity index (χ2n) is 8.02. The SMILES string of the molecule is Cc1ccc(-n2nc(C(=O)N(C)c3ccccc3F)c3c4ccccc4n(C)c3c2=O)cc1. The summed E-state index contributed by atoms with van der Waals surface area (Å²) in [5, 5.41) is 5.71. The number of aromatic nitrogens is 3. The van der Waals surface area contributed by atoms with Crippen molar-refractivity contribution in [2.75, 3.05) is 11.9 Å². The highest BCUT2D eigenvalue weighted by atomic mass is 19.1. The third kappa shape index (κ3) is 3.20. The first-order valence-electron chi connectivity index (χ1n) is 10.5. The van der Waals surface area contributed by atoms with Crippen molar-refractivity contribution in [3.8, 4) is 5.69 Å². The Hall–Kier alpha value is -4.26. The van der Waals surface area contributed by atoms with Crippen LogP contribution in [0.15, 0.2) is 77.6 Å². The first-order chi connectivity index (χ1) is 15.9. The second kappa shape index (κ2) is 7.70. The number of hydrogen-bond acceptors (Lipinski definition) is 3. The van der Waals surface area contributed by atoms with Crippen LogP contribution < -0.4 is 10.5 Å². The van der Waals surface area contributed by atoms with Crippen LogP contribution in [-0.2, 0) is 7.05 Å². The minimum atomic E-state index is -0.519. The topological polar surface area (TPSA) is 60.1 Å². The van der Waals surface area contributed by atoms with Gasteiger partial charge in [-0.25, -0.2) is 4.39 Å². The number of nitrogens with zero attached hydrogens (tertiary/aromatic N) is 4. The van der Waals surface area contributed by atoms with Gasteiger partial charge in [-0.3, -0.25) is 9.59 Å². The molecule has 164 valence electrons. The van der Waals surface area contributed by atoms with Gasteiger partial charge in [0.25, 0.3) is 11.5 Å². The lowest BCUT2D eigenvalue weighted by Gasteiger charge is -2.19. The molecule has 0 aliphatic carbocycles. The van der Waals surface area contributed by atoms with Gasteiger partial charge in [-0.2, -0.15) is 9.78 Å². The fraction of sp³-hybridized carbons (Fsp3) is 0.115. The molecule has 0 saturated heterocycles. The number of hydrogen-bond donors (Lipinski definition) is 0. The summed E-state index contributed by atoms with van der Waals surface area (Å²) in [6, 6.07) is 20.9. The van der Waals surface area contributed by atoms with Gasteiger partial charge in [-0.15, -0.1) is 0 Å². The number of benzene rings is 3. The molecule has 1 amide bonds. The first-order valence-corrected chi connectivity index (χ1v) is 10.5. The zero-order chi connectivity index (χ0) is 23.3. The van der Waals surface area contributed by atoms with E-state index in [2.05, 4.69) is 5.10 Å². The Bertz CT molecular complexity index is 1600. The maximum Gasteiger partial charge on any atom is 0.296 e. The molecule has 0 aliphatic rings. The number of rotatable bonds is 3. The van der Waals surface area contributed by atoms with Crippen molar-refractivity contribution in [2.45, 2.75) is 6.92 Å². The molecule has 7 heteroatoms. The lowest BCUT2D eigenvalue weighted by molar-refractivity contribution is 0.0987. The predicted octanol–water partition coefficient (Wildman–Crippen LogP) is 4.60. The summed E-state index contributed by atoms with van der Waals surface area (Å²) in [6.45, 7) is 1.95. The van der Waals surface area contributed by atoms with Gasteiger partial charge in [-0.05, 0) is 37.3 Å². The smallest absolute Gasteiger partial charge is 0.296 e. The average Bonchev–Trinajstić information content (AvgIpc) is 3.13. The summed E-state index contributed by atoms with van der Waals surface area (Å²) in [5.41, 5.74) is 2.61. The Morgan fingerprint density at radius 1 is 0.970 bits per heavy atom. The van der Waals surface area contributed by atoms with E-state index >= 15 is 0 Å². The van der Waals surface area contributed by atoms with Crippen molar-refractivity contribution in [3.05, 3.63) is 100 Å². The van der Waals surface area contributed by atoms with Crippen LogP contribution in [0.25, 0.3) is 27.5 Å². The molecule has 0 N–H and O–H groups in total. The number of anilines is 1. The predicted molar refractivity (Wildman–Crippen MR) is 128 cm³/mol. The van der Waals surface area contributed by atoms with Gasteiger partial charge in [0, 0.05) is 30.4 Å². The van der Waals surface area contributed by atoms with Gasteiger partial charge >= 0.3 is 0 Å². The minimum absolute atomic E-state index is 0.0766. The molecule has 0 aliphatic heterocycles. The number of halogens is 1. The first kappa shape index (κ1) is 20.6. The lowest BCUT2D eigenvalue weighted by atomic mass is 10.1. The molecule has 0 atom stereocenters. The number of amides is 1. The fourth-order valence-electron chi connectivity index (χ4n) is 4.18. The number of carbonyl (C=O) groups is 1. The Kier molecular flexibility index (Phi) is 4.82. The molecule has 0 fully saturated rings. The van der Waals surface area contributed by atoms with Gasteiger partial charge in [-0.1, -0.05) is 48.0 Å². The van der Waals surface area contributed by atoms with Crippen molar-refractivity contribution in [2.24, 2.45) is 7.05 Å². The zero-order valence-corrected chi connectivity index (χ0v) is 18.4. The van der Waals surface area contributed by atoms with E-state index in [4.69, 9.17) is 0 Å². The van der Waals surface area contributed by atoms with Crippen LogP contribution >= 0.6 is 0 Å². The maximum absolute atomic E-state index is 14.5. The van der Waals surface area contributed by atoms with E-state index in [1.54, 1.807) is 35.9 Å². The van der Waals surface area contributed by atoms with Crippen LogP contribution in [0.3, 0.4) is 0 Å². The molecule has 6 nitrogen and oxygen atoms in total. The normalized spacial score (nSPS) is 11.3. The van der Waals surface area contributed by atoms with Gasteiger partial charge in [0.2, 0.25) is 0 Å². The highest BCUT2D eigenvalue weighted by molar-refractivity contribution is 6.20. The standard InChI is InChI=1S/C26H21FN4O2/c1-16-12-14-17(15-13-16)31-26(33)24-22(18-8-4-6-10-20(18)29(24)2)23(28-31)25(32)30(3)21-11-7-5-9-19(21)27/h4-15H,1-3H3. The van der Waals surface area contributed by atoms with E-state index in [1.807, 2.05) is 43.3 Å². The van der Waals surface area contributed by atoms with E-state index in [1.165, 1.54) is 28.8 Å². The van der Waals surface area contributed by atoms with Crippen molar-refractivity contribution in [1.29, 1.82) is 0 Å². The van der Waals surface area contributed by atoms with Crippen LogP contribution in [0.5, 0.6) is 0 Å². The van der Waals surface area contributed by atoms with Gasteiger partial charge in [0.15, 0.2) is 5.69 Å². The Morgan fingerprint density at radius 2 is 1.64 bits per heavy atom. The summed E-state index contributed by atoms with van der Waals surface area (Å²) in [5.74, 6) is -1.03. The quantitative estimate of drug-likeness (QED) is 0.412. The zero-order valence-electron chi connectivity index (χ0n) is 18.4. The molecule has 0 bridgehead atoms. The molecule has 0 radical (unpaired) electrons. The van der Waals surface area contributed by atoms with Crippen LogP contribution in [-0.4, -0.2) is 27.3 Å². The molecular formula is C26H21FN4O2. The van der Waals surface area contributed by atoms with Crippen molar-refractivity contribution >= 4 is 33.4 Å². The summed E-state index contributed by atoms with van der Waals surface area (Å²) in [4.78, 5) is 28.5. The molecule has 2 aromatic heterocycles. The van der Waals surface area contributed by atoms with Crippen molar-refractivity contribution < 1.29 is 9.18 Å². The van der Waals surface area contributed by atoms with Crippen LogP contribution in [0.1, 0.15) is 16.1 Å². The maximum atomic E-state index is 14.5. The molecule has 5 aromatic rings. The summed E-state index contributed by atoms with van der Waals surface area (Å²) >= 11 is 0. The molecule has 0 saturated carbocycles. The molecule has 33 heavy (non-hydrogen) atoms. The molecule has 3 aromatic carbocycles. The lowest BCUT2D eigenvalue weighted by Crippen LogP contribution is -2.32. The fourth-order valence-corrected chi connectivity index (χ4v) is 4.18. The molecule has 5 rings (SSSR count). The van der Waals surface area contributed by atoms with E-state index in [0.29, 0.717) is 16.6 Å². The minimum Gasteiger partial charge on any atom is -0.339 e. The van der Waals surface area contributed by atoms with E-state index in [0.717, 1.165) is 16.5 Å². The third-order valence-corrected chi connectivity index (χ3v) is 5.94. The van der Waals surface area contributed by atoms with Gasteiger partial charge in [0.05, 0.1) is 11.4 Å². The molecule has 0 unspecified atom stereocenters. The summed E-state index contributed by atoms with van der Waals surface area (Å²) in [7, 11) is 3.29. The van der Waals surface area contributed by atoms with Crippen molar-refractivity contribution in [1.82, 2.24) is 14.3 Å². The molecule has 0 spiro atoms. The largest absolute Gasteiger partial charge is 0.339 e. The highest BCUT2D eigenvalue weighted by Gasteiger charge is 2.26. The van der Waals surface area contributed by atoms with Gasteiger partial charge in [0.1, 0.15) is 11.3 Å². The molecular weight excluding hydrogens is 419 g/mol. The number of fused-ring (bicyclic) bond motifs is 3. The number of carbonyl (C=O) groups excluding carboxylic acids is 1. The second-order valence-corrected chi connectivity index (χ2v) is 8.02. The summed E-state index contributed by atoms with van der Waals surface area (Å²) < 4.78 is 17.5. The van der Waals surface area contributed by atoms with Gasteiger partial charge < -0.3 is 9.47 Å². The number of para-hydroxylation sites is 2. The van der Waals surface area contributed by atoms with Crippen LogP contribution in [0, 0.1) is 12.7 Å². The monoisotopic (exact) mass is 440 g/mol. The molecule has 2 heterocycles. The summed E-state index contributed by atoms with van der Waals surface area (Å²) in [6.07, 6.45) is 0. The third-order valence-electron chi connectivity index (χ3n) is 5.94. The van der Waals surface area contributed by atoms with E-state index < -0.39 is 11.7 Å². The van der Waals surface area contributed by atoms with Crippen LogP contribution in [0.4, 0.5) is 10.1 Å². The Balaban J connectivity index is 1.85. The average molecular weight is 440 g/mol.